The van der Waals surface area contributed by atoms with Crippen LogP contribution in [-0.2, 0) is 0 Å². The summed E-state index contributed by atoms with van der Waals surface area (Å²) >= 11 is 3.88. The Morgan fingerprint density at radius 2 is 1.53 bits per heavy atom. The zero-order valence-corrected chi connectivity index (χ0v) is 23.0. The van der Waals surface area contributed by atoms with Crippen LogP contribution in [0.4, 0.5) is 11.4 Å². The summed E-state index contributed by atoms with van der Waals surface area (Å²) in [6.45, 7) is 7.10. The van der Waals surface area contributed by atoms with Crippen molar-refractivity contribution in [1.82, 2.24) is 4.48 Å². The first-order valence-electron chi connectivity index (χ1n) is 11.8. The van der Waals surface area contributed by atoms with Gasteiger partial charge in [0.15, 0.2) is 5.37 Å². The Kier molecular flexibility index (Phi) is 10.1. The molecular formula is C27H35IN2S2. The van der Waals surface area contributed by atoms with E-state index in [2.05, 4.69) is 97.7 Å². The van der Waals surface area contributed by atoms with Crippen LogP contribution in [0.15, 0.2) is 81.6 Å². The molecule has 2 aromatic rings. The number of hydrogen-bond acceptors (Lipinski definition) is 3. The summed E-state index contributed by atoms with van der Waals surface area (Å²) < 4.78 is 1.11. The number of unbranched alkanes of at least 4 members (excludes halogenated alkanes) is 4. The molecule has 2 aromatic carbocycles. The molecule has 2 aliphatic heterocycles. The number of thioether (sulfide) groups is 2. The minimum absolute atomic E-state index is 0. The Balaban J connectivity index is 0.00000289. The average molecular weight is 579 g/mol. The van der Waals surface area contributed by atoms with Gasteiger partial charge in [0.25, 0.3) is 0 Å². The SMILES string of the molecule is CCCCC[N+]1(CCCCC)c2ccccc2SC1/C=C/C=C1\Nc2ccccc2S1.[I-]. The van der Waals surface area contributed by atoms with Crippen LogP contribution in [-0.4, -0.2) is 18.5 Å². The maximum Gasteiger partial charge on any atom is 0.164 e. The number of halogens is 1. The second kappa shape index (κ2) is 12.5. The van der Waals surface area contributed by atoms with Crippen molar-refractivity contribution >= 4 is 34.9 Å². The van der Waals surface area contributed by atoms with Gasteiger partial charge in [0.05, 0.1) is 28.7 Å². The van der Waals surface area contributed by atoms with Gasteiger partial charge in [-0.05, 0) is 56.0 Å². The number of anilines is 1. The Morgan fingerprint density at radius 3 is 2.22 bits per heavy atom. The van der Waals surface area contributed by atoms with Crippen LogP contribution in [0.5, 0.6) is 0 Å². The van der Waals surface area contributed by atoms with Crippen LogP contribution in [0.2, 0.25) is 0 Å². The monoisotopic (exact) mass is 578 g/mol. The molecule has 1 N–H and O–H groups in total. The van der Waals surface area contributed by atoms with Crippen molar-refractivity contribution in [1.29, 1.82) is 0 Å². The molecule has 4 rings (SSSR count). The van der Waals surface area contributed by atoms with E-state index in [0.717, 1.165) is 4.48 Å². The fourth-order valence-corrected chi connectivity index (χ4v) is 7.04. The summed E-state index contributed by atoms with van der Waals surface area (Å²) in [6.07, 6.45) is 14.8. The summed E-state index contributed by atoms with van der Waals surface area (Å²) in [5, 5.41) is 5.21. The van der Waals surface area contributed by atoms with E-state index >= 15 is 0 Å². The molecule has 172 valence electrons. The lowest BCUT2D eigenvalue weighted by molar-refractivity contribution is -0.00000619. The molecule has 0 radical (unpaired) electrons. The van der Waals surface area contributed by atoms with E-state index in [9.17, 15) is 0 Å². The standard InChI is InChI=1S/C27H35N2S2.HI/c1-3-5-11-20-29(21-12-6-4-2)23-15-8-10-17-25(23)31-27(29)19-13-18-26-28-22-14-7-9-16-24(22)30-26;/h7-10,13-19,27-28H,3-6,11-12,20-21H2,1-2H3;1H/q+1;/p-1/b19-13+,26-18+;. The minimum atomic E-state index is 0. The van der Waals surface area contributed by atoms with E-state index in [1.54, 1.807) is 5.69 Å². The number of fused-ring (bicyclic) bond motifs is 2. The molecule has 0 aliphatic carbocycles. The quantitative estimate of drug-likeness (QED) is 0.230. The molecule has 32 heavy (non-hydrogen) atoms. The van der Waals surface area contributed by atoms with Gasteiger partial charge in [-0.2, -0.15) is 0 Å². The van der Waals surface area contributed by atoms with Crippen LogP contribution in [0.1, 0.15) is 52.4 Å². The van der Waals surface area contributed by atoms with Crippen molar-refractivity contribution in [2.75, 3.05) is 18.4 Å². The molecule has 0 amide bonds. The number of rotatable bonds is 10. The predicted molar refractivity (Wildman–Crippen MR) is 140 cm³/mol. The summed E-state index contributed by atoms with van der Waals surface area (Å²) in [4.78, 5) is 2.78. The molecule has 0 fully saturated rings. The van der Waals surface area contributed by atoms with Crippen LogP contribution >= 0.6 is 23.5 Å². The Morgan fingerprint density at radius 1 is 0.875 bits per heavy atom. The Labute approximate surface area is 219 Å². The number of benzene rings is 2. The fraction of sp³-hybridized carbons (Fsp3) is 0.407. The average Bonchev–Trinajstić information content (AvgIpc) is 3.33. The number of hydrogen-bond donors (Lipinski definition) is 1. The van der Waals surface area contributed by atoms with Gasteiger partial charge in [0, 0.05) is 11.0 Å². The summed E-state index contributed by atoms with van der Waals surface area (Å²) in [5.41, 5.74) is 2.77. The number of nitrogens with zero attached hydrogens (tertiary/aromatic N) is 1. The molecule has 5 heteroatoms. The maximum absolute atomic E-state index is 3.54. The Hall–Kier alpha value is -0.890. The lowest BCUT2D eigenvalue weighted by atomic mass is 10.1. The van der Waals surface area contributed by atoms with Crippen molar-refractivity contribution in [3.8, 4) is 0 Å². The van der Waals surface area contributed by atoms with Gasteiger partial charge < -0.3 is 29.3 Å². The van der Waals surface area contributed by atoms with Crippen LogP contribution in [0.25, 0.3) is 0 Å². The highest BCUT2D eigenvalue weighted by atomic mass is 127. The van der Waals surface area contributed by atoms with Crippen molar-refractivity contribution in [3.05, 3.63) is 71.8 Å². The second-order valence-corrected chi connectivity index (χ2v) is 10.8. The van der Waals surface area contributed by atoms with Gasteiger partial charge in [-0.15, -0.1) is 0 Å². The largest absolute Gasteiger partial charge is 1.00 e. The molecule has 1 atom stereocenters. The van der Waals surface area contributed by atoms with E-state index in [1.807, 2.05) is 11.8 Å². The molecule has 1 unspecified atom stereocenters. The number of allylic oxidation sites excluding steroid dienone is 2. The maximum atomic E-state index is 3.54. The third-order valence-electron chi connectivity index (χ3n) is 6.29. The van der Waals surface area contributed by atoms with Gasteiger partial charge in [-0.1, -0.05) is 80.6 Å². The molecule has 0 bridgehead atoms. The van der Waals surface area contributed by atoms with Gasteiger partial charge in [-0.25, -0.2) is 0 Å². The number of nitrogens with one attached hydrogen (secondary N) is 1. The topological polar surface area (TPSA) is 12.0 Å². The number of quaternary nitrogens is 1. The lowest BCUT2D eigenvalue weighted by Crippen LogP contribution is -3.00. The first-order chi connectivity index (χ1) is 15.3. The van der Waals surface area contributed by atoms with Crippen LogP contribution < -0.4 is 33.8 Å². The van der Waals surface area contributed by atoms with Crippen molar-refractivity contribution in [3.63, 3.8) is 0 Å². The van der Waals surface area contributed by atoms with E-state index < -0.39 is 0 Å². The van der Waals surface area contributed by atoms with E-state index in [-0.39, 0.29) is 24.0 Å². The second-order valence-electron chi connectivity index (χ2n) is 8.51. The number of para-hydroxylation sites is 2. The van der Waals surface area contributed by atoms with Gasteiger partial charge in [0.1, 0.15) is 5.69 Å². The lowest BCUT2D eigenvalue weighted by Gasteiger charge is -2.38. The third-order valence-corrected chi connectivity index (χ3v) is 8.72. The minimum Gasteiger partial charge on any atom is -1.00 e. The van der Waals surface area contributed by atoms with E-state index in [1.165, 1.54) is 72.1 Å². The zero-order valence-electron chi connectivity index (χ0n) is 19.2. The molecule has 0 saturated carbocycles. The van der Waals surface area contributed by atoms with Crippen molar-refractivity contribution in [2.24, 2.45) is 0 Å². The van der Waals surface area contributed by atoms with Crippen molar-refractivity contribution < 1.29 is 24.0 Å². The fourth-order valence-electron chi connectivity index (χ4n) is 4.64. The molecule has 2 aliphatic rings. The van der Waals surface area contributed by atoms with Gasteiger partial charge >= 0.3 is 0 Å². The zero-order chi connectivity index (χ0) is 21.5. The predicted octanol–water partition coefficient (Wildman–Crippen LogP) is 5.43. The highest BCUT2D eigenvalue weighted by Crippen LogP contribution is 2.50. The molecular weight excluding hydrogens is 543 g/mol. The highest BCUT2D eigenvalue weighted by Gasteiger charge is 2.45. The third kappa shape index (κ3) is 5.78. The van der Waals surface area contributed by atoms with Gasteiger partial charge in [0.2, 0.25) is 0 Å². The normalized spacial score (nSPS) is 19.6. The summed E-state index contributed by atoms with van der Waals surface area (Å²) in [7, 11) is 0. The molecule has 2 heterocycles. The molecule has 0 saturated heterocycles. The van der Waals surface area contributed by atoms with Crippen molar-refractivity contribution in [2.45, 2.75) is 67.5 Å². The van der Waals surface area contributed by atoms with Crippen LogP contribution in [0, 0.1) is 0 Å². The highest BCUT2D eigenvalue weighted by molar-refractivity contribution is 8.03. The Bertz CT molecular complexity index is 904. The molecule has 2 nitrogen and oxygen atoms in total. The smallest absolute Gasteiger partial charge is 0.164 e. The van der Waals surface area contributed by atoms with Crippen LogP contribution in [0.3, 0.4) is 0 Å². The van der Waals surface area contributed by atoms with E-state index in [0.29, 0.717) is 5.37 Å². The summed E-state index contributed by atoms with van der Waals surface area (Å²) in [6, 6.07) is 17.7. The van der Waals surface area contributed by atoms with Gasteiger partial charge in [-0.3, -0.25) is 4.48 Å². The first-order valence-corrected chi connectivity index (χ1v) is 13.5. The first kappa shape index (κ1) is 25.7. The molecule has 0 aromatic heterocycles. The summed E-state index contributed by atoms with van der Waals surface area (Å²) in [5.74, 6) is 0. The van der Waals surface area contributed by atoms with E-state index in [4.69, 9.17) is 0 Å². The molecule has 0 spiro atoms.